The third kappa shape index (κ3) is 2.82. The van der Waals surface area contributed by atoms with Gasteiger partial charge in [-0.25, -0.2) is 0 Å². The molecule has 1 aromatic carbocycles. The van der Waals surface area contributed by atoms with Crippen LogP contribution in [0.1, 0.15) is 24.0 Å². The molecule has 1 atom stereocenters. The Labute approximate surface area is 117 Å². The Hall–Kier alpha value is -1.88. The lowest BCUT2D eigenvalue weighted by Gasteiger charge is -2.33. The summed E-state index contributed by atoms with van der Waals surface area (Å²) in [6, 6.07) is 7.53. The molecular formula is C15H18N2O3. The van der Waals surface area contributed by atoms with Crippen LogP contribution in [0.2, 0.25) is 0 Å². The molecular weight excluding hydrogens is 256 g/mol. The number of carboxylic acid groups (broad SMARTS) is 1. The lowest BCUT2D eigenvalue weighted by molar-refractivity contribution is -0.144. The van der Waals surface area contributed by atoms with Crippen molar-refractivity contribution in [3.05, 3.63) is 35.4 Å². The Kier molecular flexibility index (Phi) is 3.44. The number of hydrogen-bond donors (Lipinski definition) is 2. The van der Waals surface area contributed by atoms with Crippen molar-refractivity contribution in [1.82, 2.24) is 10.2 Å². The first-order valence-electron chi connectivity index (χ1n) is 6.96. The molecule has 1 fully saturated rings. The van der Waals surface area contributed by atoms with Crippen LogP contribution in [0.25, 0.3) is 0 Å². The molecule has 5 heteroatoms. The Balaban J connectivity index is 1.73. The monoisotopic (exact) mass is 274 g/mol. The molecule has 0 saturated heterocycles. The smallest absolute Gasteiger partial charge is 0.321 e. The van der Waals surface area contributed by atoms with Crippen molar-refractivity contribution < 1.29 is 14.7 Å². The number of benzene rings is 1. The molecule has 2 N–H and O–H groups in total. The van der Waals surface area contributed by atoms with Gasteiger partial charge >= 0.3 is 5.97 Å². The van der Waals surface area contributed by atoms with Crippen molar-refractivity contribution in [3.8, 4) is 0 Å². The standard InChI is InChI=1S/C15H18N2O3/c18-14(16-12-5-6-12)9-17-8-11-4-2-1-3-10(11)7-13(17)15(19)20/h1-4,12-13H,5-9H2,(H,16,18)(H,19,20)/t13-/m0/s1. The number of carbonyl (C=O) groups excluding carboxylic acids is 1. The second kappa shape index (κ2) is 5.25. The molecule has 5 nitrogen and oxygen atoms in total. The first-order valence-corrected chi connectivity index (χ1v) is 6.96. The van der Waals surface area contributed by atoms with E-state index in [1.165, 1.54) is 0 Å². The summed E-state index contributed by atoms with van der Waals surface area (Å²) in [5, 5.41) is 12.3. The van der Waals surface area contributed by atoms with Gasteiger partial charge in [-0.3, -0.25) is 14.5 Å². The topological polar surface area (TPSA) is 69.6 Å². The molecule has 2 aliphatic rings. The number of amides is 1. The maximum Gasteiger partial charge on any atom is 0.321 e. The highest BCUT2D eigenvalue weighted by Crippen LogP contribution is 2.23. The average molecular weight is 274 g/mol. The Morgan fingerprint density at radius 3 is 2.60 bits per heavy atom. The number of hydrogen-bond acceptors (Lipinski definition) is 3. The van der Waals surface area contributed by atoms with Crippen molar-refractivity contribution in [3.63, 3.8) is 0 Å². The maximum atomic E-state index is 11.9. The van der Waals surface area contributed by atoms with Gasteiger partial charge in [0.15, 0.2) is 0 Å². The van der Waals surface area contributed by atoms with E-state index in [0.717, 1.165) is 24.0 Å². The molecule has 0 aromatic heterocycles. The number of nitrogens with zero attached hydrogens (tertiary/aromatic N) is 1. The van der Waals surface area contributed by atoms with Gasteiger partial charge in [0, 0.05) is 12.6 Å². The van der Waals surface area contributed by atoms with Crippen LogP contribution in [-0.2, 0) is 22.6 Å². The highest BCUT2D eigenvalue weighted by Gasteiger charge is 2.33. The first-order chi connectivity index (χ1) is 9.63. The van der Waals surface area contributed by atoms with E-state index in [-0.39, 0.29) is 12.5 Å². The largest absolute Gasteiger partial charge is 0.480 e. The number of rotatable bonds is 4. The van der Waals surface area contributed by atoms with E-state index in [1.807, 2.05) is 24.3 Å². The van der Waals surface area contributed by atoms with Gasteiger partial charge in [-0.05, 0) is 30.4 Å². The Morgan fingerprint density at radius 1 is 1.25 bits per heavy atom. The van der Waals surface area contributed by atoms with Crippen LogP contribution in [0.15, 0.2) is 24.3 Å². The van der Waals surface area contributed by atoms with E-state index < -0.39 is 12.0 Å². The second-order valence-corrected chi connectivity index (χ2v) is 5.57. The minimum atomic E-state index is -0.862. The van der Waals surface area contributed by atoms with Crippen molar-refractivity contribution in [2.75, 3.05) is 6.54 Å². The molecule has 20 heavy (non-hydrogen) atoms. The molecule has 0 radical (unpaired) electrons. The third-order valence-corrected chi connectivity index (χ3v) is 3.92. The molecule has 1 aliphatic heterocycles. The van der Waals surface area contributed by atoms with Crippen LogP contribution < -0.4 is 5.32 Å². The molecule has 106 valence electrons. The molecule has 3 rings (SSSR count). The fourth-order valence-electron chi connectivity index (χ4n) is 2.67. The van der Waals surface area contributed by atoms with Gasteiger partial charge in [0.2, 0.25) is 5.91 Å². The summed E-state index contributed by atoms with van der Waals surface area (Å²) in [4.78, 5) is 25.1. The van der Waals surface area contributed by atoms with Gasteiger partial charge < -0.3 is 10.4 Å². The van der Waals surface area contributed by atoms with Crippen LogP contribution in [0.4, 0.5) is 0 Å². The number of aliphatic carboxylic acids is 1. The highest BCUT2D eigenvalue weighted by molar-refractivity contribution is 5.80. The van der Waals surface area contributed by atoms with Crippen molar-refractivity contribution in [1.29, 1.82) is 0 Å². The van der Waals surface area contributed by atoms with Gasteiger partial charge in [-0.1, -0.05) is 24.3 Å². The SMILES string of the molecule is O=C(CN1Cc2ccccc2C[C@H]1C(=O)O)NC1CC1. The number of carboxylic acids is 1. The summed E-state index contributed by atoms with van der Waals surface area (Å²) >= 11 is 0. The van der Waals surface area contributed by atoms with Crippen LogP contribution in [0.3, 0.4) is 0 Å². The van der Waals surface area contributed by atoms with Gasteiger partial charge in [0.1, 0.15) is 6.04 Å². The van der Waals surface area contributed by atoms with Gasteiger partial charge in [0.25, 0.3) is 0 Å². The molecule has 1 aliphatic carbocycles. The lowest BCUT2D eigenvalue weighted by atomic mass is 9.94. The minimum Gasteiger partial charge on any atom is -0.480 e. The van der Waals surface area contributed by atoms with Crippen LogP contribution in [-0.4, -0.2) is 40.5 Å². The normalized spacial score (nSPS) is 22.1. The zero-order valence-corrected chi connectivity index (χ0v) is 11.2. The summed E-state index contributed by atoms with van der Waals surface area (Å²) in [7, 11) is 0. The van der Waals surface area contributed by atoms with Gasteiger partial charge in [-0.15, -0.1) is 0 Å². The van der Waals surface area contributed by atoms with Crippen LogP contribution in [0.5, 0.6) is 0 Å². The quantitative estimate of drug-likeness (QED) is 0.851. The van der Waals surface area contributed by atoms with Crippen molar-refractivity contribution >= 4 is 11.9 Å². The van der Waals surface area contributed by atoms with E-state index >= 15 is 0 Å². The van der Waals surface area contributed by atoms with E-state index in [0.29, 0.717) is 19.0 Å². The fraction of sp³-hybridized carbons (Fsp3) is 0.467. The minimum absolute atomic E-state index is 0.0712. The summed E-state index contributed by atoms with van der Waals surface area (Å²) in [5.74, 6) is -0.933. The average Bonchev–Trinajstić information content (AvgIpc) is 3.21. The van der Waals surface area contributed by atoms with E-state index in [1.54, 1.807) is 4.90 Å². The second-order valence-electron chi connectivity index (χ2n) is 5.57. The summed E-state index contributed by atoms with van der Waals surface area (Å²) in [5.41, 5.74) is 2.18. The predicted octanol–water partition coefficient (Wildman–Crippen LogP) is 0.776. The summed E-state index contributed by atoms with van der Waals surface area (Å²) < 4.78 is 0. The van der Waals surface area contributed by atoms with E-state index in [2.05, 4.69) is 5.32 Å². The third-order valence-electron chi connectivity index (χ3n) is 3.92. The molecule has 1 saturated carbocycles. The maximum absolute atomic E-state index is 11.9. The zero-order valence-electron chi connectivity index (χ0n) is 11.2. The molecule has 1 amide bonds. The summed E-state index contributed by atoms with van der Waals surface area (Å²) in [6.07, 6.45) is 2.54. The van der Waals surface area contributed by atoms with Crippen molar-refractivity contribution in [2.24, 2.45) is 0 Å². The zero-order chi connectivity index (χ0) is 14.1. The Bertz CT molecular complexity index is 540. The van der Waals surface area contributed by atoms with Crippen LogP contribution in [0, 0.1) is 0 Å². The summed E-state index contributed by atoms with van der Waals surface area (Å²) in [6.45, 7) is 0.674. The molecule has 0 unspecified atom stereocenters. The number of nitrogens with one attached hydrogen (secondary N) is 1. The number of fused-ring (bicyclic) bond motifs is 1. The van der Waals surface area contributed by atoms with E-state index in [9.17, 15) is 14.7 Å². The number of carbonyl (C=O) groups is 2. The van der Waals surface area contributed by atoms with Crippen LogP contribution >= 0.6 is 0 Å². The molecule has 0 spiro atoms. The van der Waals surface area contributed by atoms with Crippen molar-refractivity contribution in [2.45, 2.75) is 37.9 Å². The predicted molar refractivity (Wildman–Crippen MR) is 73.1 cm³/mol. The molecule has 1 aromatic rings. The molecule has 0 bridgehead atoms. The molecule has 1 heterocycles. The van der Waals surface area contributed by atoms with Gasteiger partial charge in [-0.2, -0.15) is 0 Å². The lowest BCUT2D eigenvalue weighted by Crippen LogP contribution is -2.49. The first kappa shape index (κ1) is 13.1. The highest BCUT2D eigenvalue weighted by atomic mass is 16.4. The fourth-order valence-corrected chi connectivity index (χ4v) is 2.67. The Morgan fingerprint density at radius 2 is 1.95 bits per heavy atom. The van der Waals surface area contributed by atoms with Gasteiger partial charge in [0.05, 0.1) is 6.54 Å². The van der Waals surface area contributed by atoms with E-state index in [4.69, 9.17) is 0 Å².